The lowest BCUT2D eigenvalue weighted by Crippen LogP contribution is -2.55. The number of fused-ring (bicyclic) bond motifs is 6. The number of aliphatic carboxylic acids is 7. The lowest BCUT2D eigenvalue weighted by atomic mass is 9.60. The van der Waals surface area contributed by atoms with Crippen LogP contribution in [0.25, 0.3) is 0 Å². The molecule has 5 aliphatic heterocycles. The van der Waals surface area contributed by atoms with Crippen molar-refractivity contribution in [1.82, 2.24) is 5.32 Å². The number of rotatable bonds is 18. The Morgan fingerprint density at radius 3 is 1.71 bits per heavy atom. The smallest absolute Gasteiger partial charge is 0.304 e. The minimum absolute atomic E-state index is 0.0202. The second kappa shape index (κ2) is 17.1. The molecular weight excluding hydrogens is 830 g/mol. The van der Waals surface area contributed by atoms with Gasteiger partial charge in [-0.1, -0.05) is 34.6 Å². The highest BCUT2D eigenvalue weighted by atomic mass is 16.4. The van der Waals surface area contributed by atoms with Gasteiger partial charge in [-0.2, -0.15) is 0 Å². The van der Waals surface area contributed by atoms with E-state index in [-0.39, 0.29) is 44.2 Å². The molecule has 0 unspecified atom stereocenters. The molecule has 5 aliphatic rings. The Morgan fingerprint density at radius 1 is 0.683 bits per heavy atom. The Hall–Kier alpha value is -5.68. The molecule has 1 fully saturated rings. The van der Waals surface area contributed by atoms with Crippen molar-refractivity contribution in [3.05, 3.63) is 34.3 Å². The first-order chi connectivity index (χ1) is 29.0. The molecular formula is C45H60N4O14. The first-order valence-electron chi connectivity index (χ1n) is 21.3. The van der Waals surface area contributed by atoms with Crippen molar-refractivity contribution in [2.75, 3.05) is 0 Å². The minimum atomic E-state index is -1.63. The molecule has 63 heavy (non-hydrogen) atoms. The molecule has 0 spiro atoms. The Morgan fingerprint density at radius 2 is 1.21 bits per heavy atom. The maximum Gasteiger partial charge on any atom is 0.304 e. The normalized spacial score (nSPS) is 35.7. The van der Waals surface area contributed by atoms with Crippen LogP contribution in [0.1, 0.15) is 126 Å². The molecule has 0 aromatic carbocycles. The predicted molar refractivity (Wildman–Crippen MR) is 227 cm³/mol. The number of hydrogen-bond acceptors (Lipinski definition) is 11. The molecule has 5 heterocycles. The lowest BCUT2D eigenvalue weighted by molar-refractivity contribution is -0.143. The highest BCUT2D eigenvalue weighted by Crippen LogP contribution is 2.62. The van der Waals surface area contributed by atoms with Gasteiger partial charge in [0.15, 0.2) is 0 Å². The Balaban J connectivity index is 2.03. The van der Waals surface area contributed by atoms with Crippen molar-refractivity contribution in [2.45, 2.75) is 138 Å². The minimum Gasteiger partial charge on any atom is -0.481 e. The van der Waals surface area contributed by atoms with Crippen LogP contribution in [0.15, 0.2) is 49.3 Å². The zero-order valence-electron chi connectivity index (χ0n) is 37.1. The summed E-state index contributed by atoms with van der Waals surface area (Å²) in [5, 5.41) is 75.1. The van der Waals surface area contributed by atoms with Crippen LogP contribution in [0.2, 0.25) is 0 Å². The maximum absolute atomic E-state index is 13.1. The first-order valence-corrected chi connectivity index (χ1v) is 21.3. The Labute approximate surface area is 365 Å². The molecule has 344 valence electrons. The summed E-state index contributed by atoms with van der Waals surface area (Å²) in [7, 11) is 0. The molecule has 0 radical (unpaired) electrons. The van der Waals surface area contributed by atoms with Gasteiger partial charge < -0.3 is 41.1 Å². The molecule has 0 aliphatic carbocycles. The summed E-state index contributed by atoms with van der Waals surface area (Å²) in [4.78, 5) is 104. The van der Waals surface area contributed by atoms with Crippen LogP contribution in [-0.4, -0.2) is 106 Å². The fourth-order valence-corrected chi connectivity index (χ4v) is 11.8. The molecule has 1 saturated heterocycles. The summed E-state index contributed by atoms with van der Waals surface area (Å²) in [5.41, 5.74) is -3.60. The summed E-state index contributed by atoms with van der Waals surface area (Å²) in [6, 6.07) is -1.15. The molecule has 5 rings (SSSR count). The van der Waals surface area contributed by atoms with Crippen molar-refractivity contribution in [3.63, 3.8) is 0 Å². The molecule has 18 nitrogen and oxygen atoms in total. The number of hydrogen-bond donors (Lipinski definition) is 8. The summed E-state index contributed by atoms with van der Waals surface area (Å²) in [5.74, 6) is -11.5. The van der Waals surface area contributed by atoms with Crippen LogP contribution in [0.4, 0.5) is 0 Å². The third-order valence-corrected chi connectivity index (χ3v) is 15.3. The molecule has 10 atom stereocenters. The topological polar surface area (TPSA) is 310 Å². The molecule has 0 aromatic heterocycles. The van der Waals surface area contributed by atoms with Crippen LogP contribution in [0.5, 0.6) is 0 Å². The second-order valence-electron chi connectivity index (χ2n) is 19.5. The zero-order valence-corrected chi connectivity index (χ0v) is 37.1. The van der Waals surface area contributed by atoms with Gasteiger partial charge in [0.05, 0.1) is 30.8 Å². The summed E-state index contributed by atoms with van der Waals surface area (Å²) in [6.07, 6.45) is -1.45. The van der Waals surface area contributed by atoms with Crippen LogP contribution in [-0.2, 0) is 33.6 Å². The molecule has 18 heteroatoms. The lowest BCUT2D eigenvalue weighted by Gasteiger charge is -2.48. The van der Waals surface area contributed by atoms with Crippen LogP contribution >= 0.6 is 0 Å². The van der Waals surface area contributed by atoms with E-state index in [4.69, 9.17) is 15.0 Å². The number of aliphatic imine (C=N–C) groups is 3. The SMILES string of the molecule is C[C@]1([14CH3])C2=NC(=C([14CH3])C3=N[C@H]([C@H](CC(=O)O)[C@@]3([14CH3])CCC(=O)O)[C@]3([14CH3])N=C(/C([14CH3])=C4\NC(=C2)[C@@H](CCC(=O)O)[C@]4(C)CC(=O)O)[C@@H](CCC(=O)O)[C@]3(C)CC(=O)O)[C@H]1CCC(=O)O. The number of nitrogens with one attached hydrogen (secondary N) is 1. The third-order valence-electron chi connectivity index (χ3n) is 15.3. The summed E-state index contributed by atoms with van der Waals surface area (Å²) in [6.45, 7) is 13.9. The van der Waals surface area contributed by atoms with E-state index < -0.39 is 131 Å². The number of nitrogens with zero attached hydrogens (tertiary/aromatic N) is 3. The van der Waals surface area contributed by atoms with Crippen molar-refractivity contribution in [2.24, 2.45) is 60.3 Å². The molecule has 0 saturated carbocycles. The first kappa shape index (κ1) is 48.4. The largest absolute Gasteiger partial charge is 0.481 e. The molecule has 8 N–H and O–H groups in total. The van der Waals surface area contributed by atoms with Crippen molar-refractivity contribution in [3.8, 4) is 0 Å². The number of allylic oxidation sites excluding steroid dienone is 6. The highest BCUT2D eigenvalue weighted by Gasteiger charge is 2.66. The van der Waals surface area contributed by atoms with Crippen LogP contribution in [0, 0.1) is 45.3 Å². The van der Waals surface area contributed by atoms with Gasteiger partial charge in [-0.15, -0.1) is 0 Å². The van der Waals surface area contributed by atoms with E-state index in [1.165, 1.54) is 0 Å². The van der Waals surface area contributed by atoms with Gasteiger partial charge in [0.25, 0.3) is 0 Å². The van der Waals surface area contributed by atoms with E-state index >= 15 is 0 Å². The molecule has 0 aromatic rings. The van der Waals surface area contributed by atoms with E-state index in [9.17, 15) is 69.3 Å². The van der Waals surface area contributed by atoms with Gasteiger partial charge in [0.1, 0.15) is 0 Å². The van der Waals surface area contributed by atoms with E-state index in [1.54, 1.807) is 47.6 Å². The van der Waals surface area contributed by atoms with Crippen LogP contribution < -0.4 is 5.32 Å². The fraction of sp³-hybridized carbons (Fsp3) is 0.644. The van der Waals surface area contributed by atoms with Gasteiger partial charge in [0.2, 0.25) is 0 Å². The van der Waals surface area contributed by atoms with Crippen LogP contribution in [0.3, 0.4) is 0 Å². The summed E-state index contributed by atoms with van der Waals surface area (Å²) >= 11 is 0. The molecule has 8 bridgehead atoms. The number of carbonyl (C=O) groups is 7. The van der Waals surface area contributed by atoms with E-state index in [0.29, 0.717) is 39.7 Å². The van der Waals surface area contributed by atoms with Gasteiger partial charge in [-0.25, -0.2) is 0 Å². The average molecular weight is 891 g/mol. The van der Waals surface area contributed by atoms with E-state index in [0.717, 1.165) is 0 Å². The standard InChI is InChI=1S/C45H60N4O14/c1-21-36-24(10-13-30(52)53)41(3,4)28(47-36)18-27-23(9-12-29(50)51)43(6,19-34(60)61)39(46-27)22(2)37-25(11-14-31(54)55)44(7,20-35(62)63)45(8,49-37)40-26(17-33(58)59)42(5,38(21)48-40)16-15-32(56)57/h18,23-26,40,46H,9-17,19-20H2,1-8H3,(H,50,51)(H,52,53)(H,54,55)(H,56,57)(H,58,59)(H,60,61)(H,62,63)/b27-18?,36-21?,39-22-/t23-,24-,25-,26+,40-,42-,43+,44+,45+/m1/s1/i1+2,2+2,3+2,5+2,8+2/t23-,24-,25-,26+,40-,41+,42-,43+,44+,45+. The monoisotopic (exact) mass is 890 g/mol. The van der Waals surface area contributed by atoms with Gasteiger partial charge in [0, 0.05) is 105 Å². The quantitative estimate of drug-likeness (QED) is 0.0792. The maximum atomic E-state index is 13.1. The fourth-order valence-electron chi connectivity index (χ4n) is 11.8. The number of carboxylic acid groups (broad SMARTS) is 7. The summed E-state index contributed by atoms with van der Waals surface area (Å²) < 4.78 is 0. The second-order valence-corrected chi connectivity index (χ2v) is 19.5. The zero-order chi connectivity index (χ0) is 47.4. The Kier molecular flexibility index (Phi) is 13.1. The van der Waals surface area contributed by atoms with E-state index in [1.807, 2.05) is 13.8 Å². The molecule has 0 amide bonds. The van der Waals surface area contributed by atoms with Gasteiger partial charge in [-0.3, -0.25) is 48.5 Å². The van der Waals surface area contributed by atoms with E-state index in [2.05, 4.69) is 5.32 Å². The Bertz CT molecular complexity index is 2220. The number of carboxylic acids is 7. The van der Waals surface area contributed by atoms with Crippen molar-refractivity contribution < 1.29 is 69.3 Å². The highest BCUT2D eigenvalue weighted by molar-refractivity contribution is 6.10. The van der Waals surface area contributed by atoms with Crippen molar-refractivity contribution >= 4 is 58.9 Å². The third kappa shape index (κ3) is 8.56. The van der Waals surface area contributed by atoms with Gasteiger partial charge in [-0.05, 0) is 63.7 Å². The predicted octanol–water partition coefficient (Wildman–Crippen LogP) is 5.92. The van der Waals surface area contributed by atoms with Gasteiger partial charge >= 0.3 is 41.8 Å². The van der Waals surface area contributed by atoms with Crippen molar-refractivity contribution in [1.29, 1.82) is 0 Å². The average Bonchev–Trinajstić information content (AvgIpc) is 3.75.